The number of ether oxygens (including phenoxy) is 3. The summed E-state index contributed by atoms with van der Waals surface area (Å²) in [5.74, 6) is 2.31. The highest BCUT2D eigenvalue weighted by Gasteiger charge is 2.25. The van der Waals surface area contributed by atoms with E-state index in [1.54, 1.807) is 0 Å². The number of rotatable bonds is 1. The lowest BCUT2D eigenvalue weighted by Gasteiger charge is -2.12. The first kappa shape index (κ1) is 10.8. The maximum Gasteiger partial charge on any atom is 0.231 e. The summed E-state index contributed by atoms with van der Waals surface area (Å²) in [6.45, 7) is 0.271. The molecule has 2 heterocycles. The topological polar surface area (TPSA) is 39.7 Å². The fraction of sp³-hybridized carbons (Fsp3) is 0.143. The van der Waals surface area contributed by atoms with E-state index in [1.807, 2.05) is 36.4 Å². The fourth-order valence-corrected chi connectivity index (χ4v) is 2.42. The quantitative estimate of drug-likeness (QED) is 0.864. The van der Waals surface area contributed by atoms with Crippen LogP contribution in [0.15, 0.2) is 36.4 Å². The maximum atomic E-state index is 5.96. The van der Waals surface area contributed by atoms with Crippen molar-refractivity contribution in [3.05, 3.63) is 47.0 Å². The molecule has 5 heteroatoms. The van der Waals surface area contributed by atoms with Crippen LogP contribution < -0.4 is 19.5 Å². The molecule has 0 saturated heterocycles. The smallest absolute Gasteiger partial charge is 0.231 e. The molecule has 0 spiro atoms. The molecule has 1 atom stereocenters. The van der Waals surface area contributed by atoms with Gasteiger partial charge in [0, 0.05) is 10.6 Å². The van der Waals surface area contributed by atoms with Crippen LogP contribution in [0.3, 0.4) is 0 Å². The molecule has 96 valence electrons. The van der Waals surface area contributed by atoms with Crippen LogP contribution in [-0.2, 0) is 0 Å². The Labute approximate surface area is 114 Å². The molecule has 19 heavy (non-hydrogen) atoms. The predicted molar refractivity (Wildman–Crippen MR) is 71.0 cm³/mol. The summed E-state index contributed by atoms with van der Waals surface area (Å²) in [5.41, 5.74) is 1.88. The van der Waals surface area contributed by atoms with Crippen molar-refractivity contribution in [1.82, 2.24) is 0 Å². The fourth-order valence-electron chi connectivity index (χ4n) is 2.24. The van der Waals surface area contributed by atoms with Gasteiger partial charge in [-0.1, -0.05) is 11.6 Å². The van der Waals surface area contributed by atoms with Gasteiger partial charge in [0.15, 0.2) is 17.7 Å². The summed E-state index contributed by atoms with van der Waals surface area (Å²) in [5, 5.41) is 3.96. The molecule has 0 fully saturated rings. The Morgan fingerprint density at radius 2 is 1.84 bits per heavy atom. The van der Waals surface area contributed by atoms with Crippen LogP contribution in [-0.4, -0.2) is 6.79 Å². The van der Waals surface area contributed by atoms with E-state index >= 15 is 0 Å². The molecule has 0 unspecified atom stereocenters. The average Bonchev–Trinajstić information content (AvgIpc) is 3.02. The Bertz CT molecular complexity index is 659. The molecule has 0 aromatic heterocycles. The largest absolute Gasteiger partial charge is 0.464 e. The van der Waals surface area contributed by atoms with Gasteiger partial charge in [-0.25, -0.2) is 0 Å². The van der Waals surface area contributed by atoms with Crippen molar-refractivity contribution < 1.29 is 14.2 Å². The highest BCUT2D eigenvalue weighted by Crippen LogP contribution is 2.41. The normalized spacial score (nSPS) is 18.7. The number of benzene rings is 2. The van der Waals surface area contributed by atoms with Crippen molar-refractivity contribution >= 4 is 17.3 Å². The van der Waals surface area contributed by atoms with Crippen molar-refractivity contribution in [3.63, 3.8) is 0 Å². The molecular weight excluding hydrogens is 266 g/mol. The standard InChI is InChI=1S/C14H10ClNO3/c15-9-2-4-11-10(6-9)16-14(19-11)8-1-3-12-13(5-8)18-7-17-12/h1-6,14,16H,7H2/t14-/m0/s1. The maximum absolute atomic E-state index is 5.96. The zero-order chi connectivity index (χ0) is 12.8. The molecule has 0 amide bonds. The summed E-state index contributed by atoms with van der Waals surface area (Å²) < 4.78 is 16.5. The average molecular weight is 276 g/mol. The summed E-state index contributed by atoms with van der Waals surface area (Å²) >= 11 is 5.96. The van der Waals surface area contributed by atoms with E-state index in [1.165, 1.54) is 0 Å². The highest BCUT2D eigenvalue weighted by atomic mass is 35.5. The number of nitrogens with one attached hydrogen (secondary N) is 1. The summed E-state index contributed by atoms with van der Waals surface area (Å²) in [4.78, 5) is 0. The Kier molecular flexibility index (Phi) is 2.26. The lowest BCUT2D eigenvalue weighted by Crippen LogP contribution is -2.09. The highest BCUT2D eigenvalue weighted by molar-refractivity contribution is 6.30. The first-order chi connectivity index (χ1) is 9.29. The Hall–Kier alpha value is -2.07. The van der Waals surface area contributed by atoms with E-state index in [2.05, 4.69) is 5.32 Å². The number of halogens is 1. The second-order valence-electron chi connectivity index (χ2n) is 4.40. The van der Waals surface area contributed by atoms with Gasteiger partial charge in [0.1, 0.15) is 5.75 Å². The summed E-state index contributed by atoms with van der Waals surface area (Å²) in [7, 11) is 0. The van der Waals surface area contributed by atoms with Gasteiger partial charge >= 0.3 is 0 Å². The third kappa shape index (κ3) is 1.76. The van der Waals surface area contributed by atoms with Crippen LogP contribution in [0.25, 0.3) is 0 Å². The van der Waals surface area contributed by atoms with E-state index in [0.717, 1.165) is 28.5 Å². The van der Waals surface area contributed by atoms with Crippen LogP contribution in [0, 0.1) is 0 Å². The molecule has 4 nitrogen and oxygen atoms in total. The molecule has 0 bridgehead atoms. The van der Waals surface area contributed by atoms with E-state index in [0.29, 0.717) is 5.02 Å². The number of hydrogen-bond donors (Lipinski definition) is 1. The van der Waals surface area contributed by atoms with Crippen molar-refractivity contribution in [2.75, 3.05) is 12.1 Å². The lowest BCUT2D eigenvalue weighted by atomic mass is 10.2. The Morgan fingerprint density at radius 1 is 1.00 bits per heavy atom. The molecule has 2 aliphatic heterocycles. The number of hydrogen-bond acceptors (Lipinski definition) is 4. The van der Waals surface area contributed by atoms with Crippen LogP contribution in [0.2, 0.25) is 5.02 Å². The predicted octanol–water partition coefficient (Wildman–Crippen LogP) is 3.57. The van der Waals surface area contributed by atoms with Gasteiger partial charge in [0.25, 0.3) is 0 Å². The van der Waals surface area contributed by atoms with Gasteiger partial charge in [0.05, 0.1) is 5.69 Å². The van der Waals surface area contributed by atoms with Crippen LogP contribution >= 0.6 is 11.6 Å². The zero-order valence-electron chi connectivity index (χ0n) is 9.85. The number of fused-ring (bicyclic) bond motifs is 2. The van der Waals surface area contributed by atoms with Gasteiger partial charge in [-0.15, -0.1) is 0 Å². The molecule has 2 aromatic rings. The SMILES string of the molecule is Clc1ccc2c(c1)N[C@H](c1ccc3c(c1)OCO3)O2. The second kappa shape index (κ2) is 3.96. The lowest BCUT2D eigenvalue weighted by molar-refractivity contribution is 0.173. The van der Waals surface area contributed by atoms with Crippen molar-refractivity contribution in [2.24, 2.45) is 0 Å². The molecule has 0 saturated carbocycles. The number of anilines is 1. The van der Waals surface area contributed by atoms with Gasteiger partial charge < -0.3 is 19.5 Å². The molecule has 1 N–H and O–H groups in total. The third-order valence-electron chi connectivity index (χ3n) is 3.17. The Morgan fingerprint density at radius 3 is 2.79 bits per heavy atom. The van der Waals surface area contributed by atoms with Crippen molar-refractivity contribution in [3.8, 4) is 17.2 Å². The summed E-state index contributed by atoms with van der Waals surface area (Å²) in [6.07, 6.45) is -0.233. The first-order valence-electron chi connectivity index (χ1n) is 5.92. The van der Waals surface area contributed by atoms with Crippen LogP contribution in [0.1, 0.15) is 11.8 Å². The van der Waals surface area contributed by atoms with Gasteiger partial charge in [-0.3, -0.25) is 0 Å². The summed E-state index contributed by atoms with van der Waals surface area (Å²) in [6, 6.07) is 11.3. The van der Waals surface area contributed by atoms with E-state index in [4.69, 9.17) is 25.8 Å². The van der Waals surface area contributed by atoms with Gasteiger partial charge in [-0.05, 0) is 36.4 Å². The monoisotopic (exact) mass is 275 g/mol. The van der Waals surface area contributed by atoms with Gasteiger partial charge in [-0.2, -0.15) is 0 Å². The minimum atomic E-state index is -0.233. The molecule has 4 rings (SSSR count). The molecule has 0 radical (unpaired) electrons. The molecule has 0 aliphatic carbocycles. The van der Waals surface area contributed by atoms with E-state index in [-0.39, 0.29) is 13.0 Å². The molecule has 2 aliphatic rings. The van der Waals surface area contributed by atoms with Crippen molar-refractivity contribution in [1.29, 1.82) is 0 Å². The first-order valence-corrected chi connectivity index (χ1v) is 6.30. The van der Waals surface area contributed by atoms with Crippen LogP contribution in [0.5, 0.6) is 17.2 Å². The molecular formula is C14H10ClNO3. The van der Waals surface area contributed by atoms with E-state index < -0.39 is 0 Å². The van der Waals surface area contributed by atoms with Crippen LogP contribution in [0.4, 0.5) is 5.69 Å². The minimum absolute atomic E-state index is 0.233. The van der Waals surface area contributed by atoms with Crippen molar-refractivity contribution in [2.45, 2.75) is 6.23 Å². The van der Waals surface area contributed by atoms with Gasteiger partial charge in [0.2, 0.25) is 6.79 Å². The minimum Gasteiger partial charge on any atom is -0.464 e. The second-order valence-corrected chi connectivity index (χ2v) is 4.83. The zero-order valence-corrected chi connectivity index (χ0v) is 10.6. The van der Waals surface area contributed by atoms with E-state index in [9.17, 15) is 0 Å². The third-order valence-corrected chi connectivity index (χ3v) is 3.41. The Balaban J connectivity index is 1.65. The molecule has 2 aromatic carbocycles.